The summed E-state index contributed by atoms with van der Waals surface area (Å²) in [7, 11) is 1.78. The number of esters is 1. The second-order valence-electron chi connectivity index (χ2n) is 10.6. The summed E-state index contributed by atoms with van der Waals surface area (Å²) in [6.45, 7) is 7.99. The Morgan fingerprint density at radius 3 is 2.32 bits per heavy atom. The van der Waals surface area contributed by atoms with Crippen LogP contribution in [-0.2, 0) is 20.8 Å². The molecule has 3 aromatic rings. The Balaban J connectivity index is 1.95. The molecular formula is C33H43N3O5. The lowest BCUT2D eigenvalue weighted by molar-refractivity contribution is -0.135. The number of rotatable bonds is 14. The first kappa shape index (κ1) is 31.6. The Bertz CT molecular complexity index is 1360. The molecule has 1 heterocycles. The molecule has 1 aromatic heterocycles. The lowest BCUT2D eigenvalue weighted by Crippen LogP contribution is -2.48. The van der Waals surface area contributed by atoms with E-state index in [1.807, 2.05) is 6.07 Å². The first-order chi connectivity index (χ1) is 19.7. The molecule has 0 spiro atoms. The van der Waals surface area contributed by atoms with Gasteiger partial charge in [0, 0.05) is 37.2 Å². The number of hydrogen-bond acceptors (Lipinski definition) is 5. The molecular weight excluding hydrogens is 518 g/mol. The molecule has 0 saturated carbocycles. The van der Waals surface area contributed by atoms with Crippen molar-refractivity contribution in [2.75, 3.05) is 13.6 Å². The molecule has 2 aromatic carbocycles. The van der Waals surface area contributed by atoms with Crippen molar-refractivity contribution in [2.24, 2.45) is 0 Å². The summed E-state index contributed by atoms with van der Waals surface area (Å²) in [5.74, 6) is -0.732. The molecule has 2 amide bonds. The maximum absolute atomic E-state index is 13.6. The van der Waals surface area contributed by atoms with Crippen LogP contribution in [0.4, 0.5) is 0 Å². The van der Waals surface area contributed by atoms with Gasteiger partial charge in [-0.3, -0.25) is 23.7 Å². The zero-order chi connectivity index (χ0) is 29.9. The van der Waals surface area contributed by atoms with Gasteiger partial charge in [-0.15, -0.1) is 0 Å². The van der Waals surface area contributed by atoms with Gasteiger partial charge in [0.1, 0.15) is 11.8 Å². The van der Waals surface area contributed by atoms with Gasteiger partial charge in [-0.25, -0.2) is 0 Å². The van der Waals surface area contributed by atoms with E-state index in [0.29, 0.717) is 46.4 Å². The van der Waals surface area contributed by atoms with Crippen molar-refractivity contribution in [1.29, 1.82) is 0 Å². The summed E-state index contributed by atoms with van der Waals surface area (Å²) in [5.41, 5.74) is 2.39. The summed E-state index contributed by atoms with van der Waals surface area (Å²) >= 11 is 0. The van der Waals surface area contributed by atoms with E-state index in [0.717, 1.165) is 38.5 Å². The Kier molecular flexibility index (Phi) is 11.7. The molecule has 0 aliphatic heterocycles. The molecule has 0 aliphatic rings. The third-order valence-corrected chi connectivity index (χ3v) is 7.33. The zero-order valence-electron chi connectivity index (χ0n) is 25.0. The molecule has 1 N–H and O–H groups in total. The number of carbonyl (C=O) groups is 4. The molecule has 0 aliphatic carbocycles. The number of benzene rings is 2. The predicted octanol–water partition coefficient (Wildman–Crippen LogP) is 5.82. The Morgan fingerprint density at radius 2 is 1.66 bits per heavy atom. The fourth-order valence-corrected chi connectivity index (χ4v) is 5.10. The molecule has 3 rings (SSSR count). The van der Waals surface area contributed by atoms with E-state index >= 15 is 0 Å². The number of amides is 2. The SMILES string of the molecule is CCCCCCC(NC(=O)Cc1c(C)n(C(=O)c2ccccc2)c2ccc(OC(C)=O)cc12)C(=O)N(C)CCCC. The summed E-state index contributed by atoms with van der Waals surface area (Å²) in [6, 6.07) is 13.4. The molecule has 8 heteroatoms. The minimum Gasteiger partial charge on any atom is -0.427 e. The predicted molar refractivity (Wildman–Crippen MR) is 161 cm³/mol. The van der Waals surface area contributed by atoms with Gasteiger partial charge in [-0.2, -0.15) is 0 Å². The molecule has 8 nitrogen and oxygen atoms in total. The Morgan fingerprint density at radius 1 is 0.951 bits per heavy atom. The number of hydrogen-bond donors (Lipinski definition) is 1. The van der Waals surface area contributed by atoms with Crippen LogP contribution in [0, 0.1) is 6.92 Å². The van der Waals surface area contributed by atoms with E-state index in [2.05, 4.69) is 19.2 Å². The van der Waals surface area contributed by atoms with Gasteiger partial charge in [0.15, 0.2) is 0 Å². The quantitative estimate of drug-likeness (QED) is 0.152. The smallest absolute Gasteiger partial charge is 0.308 e. The van der Waals surface area contributed by atoms with Crippen LogP contribution in [-0.4, -0.2) is 52.8 Å². The number of likely N-dealkylation sites (N-methyl/N-ethyl adjacent to an activating group) is 1. The molecule has 0 radical (unpaired) electrons. The van der Waals surface area contributed by atoms with E-state index in [9.17, 15) is 19.2 Å². The van der Waals surface area contributed by atoms with E-state index in [1.165, 1.54) is 6.92 Å². The lowest BCUT2D eigenvalue weighted by Gasteiger charge is -2.25. The topological polar surface area (TPSA) is 97.7 Å². The van der Waals surface area contributed by atoms with Crippen LogP contribution in [0.3, 0.4) is 0 Å². The minimum atomic E-state index is -0.613. The largest absolute Gasteiger partial charge is 0.427 e. The minimum absolute atomic E-state index is 0.0294. The zero-order valence-corrected chi connectivity index (χ0v) is 25.0. The summed E-state index contributed by atoms with van der Waals surface area (Å²) in [4.78, 5) is 53.7. The second-order valence-corrected chi connectivity index (χ2v) is 10.6. The van der Waals surface area contributed by atoms with Crippen molar-refractivity contribution in [3.8, 4) is 5.75 Å². The highest BCUT2D eigenvalue weighted by Crippen LogP contribution is 2.31. The Hall–Kier alpha value is -3.94. The molecule has 1 atom stereocenters. The van der Waals surface area contributed by atoms with Crippen LogP contribution in [0.1, 0.15) is 87.3 Å². The number of nitrogens with one attached hydrogen (secondary N) is 1. The Labute approximate surface area is 243 Å². The van der Waals surface area contributed by atoms with E-state index in [-0.39, 0.29) is 24.1 Å². The number of unbranched alkanes of at least 4 members (excludes halogenated alkanes) is 4. The van der Waals surface area contributed by atoms with Gasteiger partial charge in [0.05, 0.1) is 11.9 Å². The van der Waals surface area contributed by atoms with Crippen LogP contribution < -0.4 is 10.1 Å². The summed E-state index contributed by atoms with van der Waals surface area (Å²) in [6.07, 6.45) is 6.44. The number of aromatic nitrogens is 1. The van der Waals surface area contributed by atoms with Crippen LogP contribution in [0.25, 0.3) is 10.9 Å². The summed E-state index contributed by atoms with van der Waals surface area (Å²) < 4.78 is 6.91. The average molecular weight is 562 g/mol. The van der Waals surface area contributed by atoms with Gasteiger partial charge >= 0.3 is 5.97 Å². The molecule has 0 bridgehead atoms. The molecule has 1 unspecified atom stereocenters. The van der Waals surface area contributed by atoms with Crippen molar-refractivity contribution < 1.29 is 23.9 Å². The fourth-order valence-electron chi connectivity index (χ4n) is 5.10. The summed E-state index contributed by atoms with van der Waals surface area (Å²) in [5, 5.41) is 3.64. The van der Waals surface area contributed by atoms with Crippen molar-refractivity contribution in [1.82, 2.24) is 14.8 Å². The van der Waals surface area contributed by atoms with Crippen molar-refractivity contribution >= 4 is 34.6 Å². The van der Waals surface area contributed by atoms with E-state index in [4.69, 9.17) is 4.74 Å². The highest BCUT2D eigenvalue weighted by molar-refractivity contribution is 6.05. The fraction of sp³-hybridized carbons (Fsp3) is 0.455. The van der Waals surface area contributed by atoms with E-state index < -0.39 is 12.0 Å². The number of ether oxygens (including phenoxy) is 1. The first-order valence-electron chi connectivity index (χ1n) is 14.6. The van der Waals surface area contributed by atoms with E-state index in [1.54, 1.807) is 65.9 Å². The van der Waals surface area contributed by atoms with Crippen molar-refractivity contribution in [3.05, 3.63) is 65.4 Å². The van der Waals surface area contributed by atoms with Gasteiger partial charge in [0.2, 0.25) is 11.8 Å². The molecule has 0 saturated heterocycles. The van der Waals surface area contributed by atoms with Gasteiger partial charge in [-0.1, -0.05) is 64.2 Å². The lowest BCUT2D eigenvalue weighted by atomic mass is 10.0. The number of nitrogens with zero attached hydrogens (tertiary/aromatic N) is 2. The van der Waals surface area contributed by atoms with Crippen LogP contribution >= 0.6 is 0 Å². The number of carbonyl (C=O) groups excluding carboxylic acids is 4. The monoisotopic (exact) mass is 561 g/mol. The maximum atomic E-state index is 13.6. The van der Waals surface area contributed by atoms with Crippen molar-refractivity contribution in [2.45, 2.75) is 85.1 Å². The van der Waals surface area contributed by atoms with Gasteiger partial charge in [0.25, 0.3) is 5.91 Å². The third-order valence-electron chi connectivity index (χ3n) is 7.33. The highest BCUT2D eigenvalue weighted by atomic mass is 16.5. The van der Waals surface area contributed by atoms with Crippen LogP contribution in [0.15, 0.2) is 48.5 Å². The molecule has 0 fully saturated rings. The number of fused-ring (bicyclic) bond motifs is 1. The normalized spacial score (nSPS) is 11.7. The van der Waals surface area contributed by atoms with Crippen LogP contribution in [0.2, 0.25) is 0 Å². The van der Waals surface area contributed by atoms with Crippen LogP contribution in [0.5, 0.6) is 5.75 Å². The standard InChI is InChI=1S/C33H43N3O5/c1-6-8-10-14-17-29(33(40)35(5)20-9-7-2)34-31(38)22-27-23(3)36(32(39)25-15-12-11-13-16-25)30-19-18-26(21-28(27)30)41-24(4)37/h11-13,15-16,18-19,21,29H,6-10,14,17,20,22H2,1-5H3,(H,34,38). The second kappa shape index (κ2) is 15.2. The first-order valence-corrected chi connectivity index (χ1v) is 14.6. The van der Waals surface area contributed by atoms with Gasteiger partial charge in [-0.05, 0) is 55.7 Å². The molecule has 41 heavy (non-hydrogen) atoms. The maximum Gasteiger partial charge on any atom is 0.308 e. The molecule has 220 valence electrons. The van der Waals surface area contributed by atoms with Crippen molar-refractivity contribution in [3.63, 3.8) is 0 Å². The highest BCUT2D eigenvalue weighted by Gasteiger charge is 2.26. The van der Waals surface area contributed by atoms with Gasteiger partial charge < -0.3 is 15.0 Å². The third kappa shape index (κ3) is 8.28. The average Bonchev–Trinajstić information content (AvgIpc) is 3.22.